The van der Waals surface area contributed by atoms with Crippen molar-refractivity contribution in [3.63, 3.8) is 0 Å². The van der Waals surface area contributed by atoms with Crippen LogP contribution in [0.3, 0.4) is 0 Å². The number of ketones is 1. The molecule has 1 heterocycles. The third-order valence-electron chi connectivity index (χ3n) is 6.32. The first kappa shape index (κ1) is 26.9. The fraction of sp³-hybridized carbons (Fsp3) is 0.367. The van der Waals surface area contributed by atoms with Gasteiger partial charge >= 0.3 is 0 Å². The summed E-state index contributed by atoms with van der Waals surface area (Å²) in [6, 6.07) is 2.86. The summed E-state index contributed by atoms with van der Waals surface area (Å²) < 4.78 is 6.02. The van der Waals surface area contributed by atoms with Crippen molar-refractivity contribution >= 4 is 5.78 Å². The van der Waals surface area contributed by atoms with Gasteiger partial charge in [-0.05, 0) is 72.4 Å². The number of carbonyl (C=O) groups excluding carboxylic acids is 1. The second kappa shape index (κ2) is 10.9. The van der Waals surface area contributed by atoms with Crippen LogP contribution in [-0.4, -0.2) is 32.8 Å². The SMILES string of the molecule is CC(C)=CCc1cc([C@H]2COc3c(CC=C(C)C)c(O)c(CC=C(C)C)c(O)c3C2=O)c(O)cc1O. The summed E-state index contributed by atoms with van der Waals surface area (Å²) in [6.07, 6.45) is 6.79. The Labute approximate surface area is 212 Å². The maximum atomic E-state index is 13.8. The first-order valence-electron chi connectivity index (χ1n) is 12.1. The maximum absolute atomic E-state index is 13.8. The number of rotatable bonds is 7. The molecule has 0 fully saturated rings. The molecule has 0 saturated heterocycles. The number of phenols is 4. The Hall–Kier alpha value is -3.67. The van der Waals surface area contributed by atoms with E-state index in [0.717, 1.165) is 16.7 Å². The largest absolute Gasteiger partial charge is 0.508 e. The average Bonchev–Trinajstić information content (AvgIpc) is 2.78. The molecule has 2 aromatic rings. The number of hydrogen-bond donors (Lipinski definition) is 4. The molecule has 0 bridgehead atoms. The summed E-state index contributed by atoms with van der Waals surface area (Å²) in [7, 11) is 0. The zero-order valence-corrected chi connectivity index (χ0v) is 21.9. The Morgan fingerprint density at radius 2 is 1.36 bits per heavy atom. The van der Waals surface area contributed by atoms with Crippen molar-refractivity contribution in [2.24, 2.45) is 0 Å². The summed E-state index contributed by atoms with van der Waals surface area (Å²) in [5.74, 6) is -1.77. The van der Waals surface area contributed by atoms with Crippen LogP contribution in [0.4, 0.5) is 0 Å². The molecule has 0 saturated carbocycles. The number of benzene rings is 2. The number of hydrogen-bond acceptors (Lipinski definition) is 6. The molecule has 0 amide bonds. The number of fused-ring (bicyclic) bond motifs is 1. The van der Waals surface area contributed by atoms with Crippen molar-refractivity contribution in [1.29, 1.82) is 0 Å². The van der Waals surface area contributed by atoms with E-state index in [2.05, 4.69) is 0 Å². The molecular weight excluding hydrogens is 456 g/mol. The van der Waals surface area contributed by atoms with E-state index in [4.69, 9.17) is 4.74 Å². The molecule has 0 aliphatic carbocycles. The van der Waals surface area contributed by atoms with Gasteiger partial charge in [0.25, 0.3) is 0 Å². The standard InChI is InChI=1S/C30H36O6/c1-16(2)7-10-19-13-22(25(32)14-24(19)31)23-15-36-30-21(12-9-18(5)6)27(33)20(11-8-17(3)4)28(34)26(30)29(23)35/h7-9,13-14,23,31-34H,10-12,15H2,1-6H3/t23-/m1/s1. The van der Waals surface area contributed by atoms with Crippen LogP contribution in [0.5, 0.6) is 28.7 Å². The monoisotopic (exact) mass is 492 g/mol. The van der Waals surface area contributed by atoms with E-state index in [-0.39, 0.29) is 52.9 Å². The summed E-state index contributed by atoms with van der Waals surface area (Å²) in [6.45, 7) is 11.5. The van der Waals surface area contributed by atoms with Crippen LogP contribution >= 0.6 is 0 Å². The predicted molar refractivity (Wildman–Crippen MR) is 142 cm³/mol. The second-order valence-electron chi connectivity index (χ2n) is 10.1. The zero-order chi connectivity index (χ0) is 26.7. The smallest absolute Gasteiger partial charge is 0.181 e. The van der Waals surface area contributed by atoms with E-state index in [1.165, 1.54) is 6.07 Å². The molecular formula is C30H36O6. The topological polar surface area (TPSA) is 107 Å². The van der Waals surface area contributed by atoms with Gasteiger partial charge in [0.05, 0.1) is 5.92 Å². The number of carbonyl (C=O) groups is 1. The van der Waals surface area contributed by atoms with Crippen LogP contribution in [0.25, 0.3) is 0 Å². The van der Waals surface area contributed by atoms with Gasteiger partial charge in [-0.1, -0.05) is 34.9 Å². The fourth-order valence-corrected chi connectivity index (χ4v) is 4.24. The highest BCUT2D eigenvalue weighted by molar-refractivity contribution is 6.08. The zero-order valence-electron chi connectivity index (χ0n) is 21.9. The minimum Gasteiger partial charge on any atom is -0.508 e. The summed E-state index contributed by atoms with van der Waals surface area (Å²) in [4.78, 5) is 13.8. The molecule has 3 rings (SSSR count). The Kier molecular flexibility index (Phi) is 8.18. The lowest BCUT2D eigenvalue weighted by Crippen LogP contribution is -2.27. The van der Waals surface area contributed by atoms with Gasteiger partial charge in [0.2, 0.25) is 0 Å². The summed E-state index contributed by atoms with van der Waals surface area (Å²) in [5.41, 5.74) is 4.76. The average molecular weight is 493 g/mol. The van der Waals surface area contributed by atoms with Gasteiger partial charge in [0.1, 0.15) is 40.9 Å². The van der Waals surface area contributed by atoms with Crippen molar-refractivity contribution < 1.29 is 30.0 Å². The van der Waals surface area contributed by atoms with Crippen LogP contribution < -0.4 is 4.74 Å². The number of Topliss-reactive ketones (excluding diaryl/α,β-unsaturated/α-hetero) is 1. The van der Waals surface area contributed by atoms with Gasteiger partial charge in [-0.2, -0.15) is 0 Å². The van der Waals surface area contributed by atoms with Crippen molar-refractivity contribution in [3.8, 4) is 28.7 Å². The van der Waals surface area contributed by atoms with E-state index in [1.807, 2.05) is 59.8 Å². The van der Waals surface area contributed by atoms with Gasteiger partial charge in [-0.3, -0.25) is 4.79 Å². The van der Waals surface area contributed by atoms with Crippen LogP contribution in [-0.2, 0) is 19.3 Å². The van der Waals surface area contributed by atoms with Crippen molar-refractivity contribution in [3.05, 3.63) is 74.9 Å². The third-order valence-corrected chi connectivity index (χ3v) is 6.32. The van der Waals surface area contributed by atoms with E-state index >= 15 is 0 Å². The van der Waals surface area contributed by atoms with Crippen LogP contribution in [0.1, 0.15) is 80.1 Å². The van der Waals surface area contributed by atoms with Gasteiger partial charge in [-0.15, -0.1) is 0 Å². The first-order valence-corrected chi connectivity index (χ1v) is 12.1. The molecule has 192 valence electrons. The molecule has 0 aromatic heterocycles. The quantitative estimate of drug-likeness (QED) is 0.334. The predicted octanol–water partition coefficient (Wildman–Crippen LogP) is 6.39. The number of aromatic hydroxyl groups is 4. The molecule has 1 atom stereocenters. The molecule has 0 unspecified atom stereocenters. The third kappa shape index (κ3) is 5.59. The molecule has 0 spiro atoms. The van der Waals surface area contributed by atoms with Crippen molar-refractivity contribution in [1.82, 2.24) is 0 Å². The van der Waals surface area contributed by atoms with Gasteiger partial charge in [0.15, 0.2) is 5.78 Å². The second-order valence-corrected chi connectivity index (χ2v) is 10.1. The maximum Gasteiger partial charge on any atom is 0.181 e. The Balaban J connectivity index is 2.17. The number of phenolic OH excluding ortho intramolecular Hbond substituents is 4. The van der Waals surface area contributed by atoms with E-state index in [0.29, 0.717) is 29.5 Å². The molecule has 6 heteroatoms. The molecule has 1 aliphatic heterocycles. The van der Waals surface area contributed by atoms with Crippen molar-refractivity contribution in [2.75, 3.05) is 6.61 Å². The molecule has 36 heavy (non-hydrogen) atoms. The number of allylic oxidation sites excluding steroid dienone is 6. The Bertz CT molecular complexity index is 1270. The molecule has 0 radical (unpaired) electrons. The van der Waals surface area contributed by atoms with Crippen LogP contribution in [0.2, 0.25) is 0 Å². The van der Waals surface area contributed by atoms with E-state index in [9.17, 15) is 25.2 Å². The lowest BCUT2D eigenvalue weighted by atomic mass is 9.83. The summed E-state index contributed by atoms with van der Waals surface area (Å²) >= 11 is 0. The molecule has 4 N–H and O–H groups in total. The fourth-order valence-electron chi connectivity index (χ4n) is 4.24. The normalized spacial score (nSPS) is 14.5. The van der Waals surface area contributed by atoms with Crippen LogP contribution in [0.15, 0.2) is 47.1 Å². The Morgan fingerprint density at radius 1 is 0.806 bits per heavy atom. The highest BCUT2D eigenvalue weighted by Crippen LogP contribution is 2.48. The molecule has 2 aromatic carbocycles. The van der Waals surface area contributed by atoms with Crippen LogP contribution in [0, 0.1) is 0 Å². The highest BCUT2D eigenvalue weighted by atomic mass is 16.5. The van der Waals surface area contributed by atoms with Gasteiger partial charge < -0.3 is 25.2 Å². The van der Waals surface area contributed by atoms with Crippen molar-refractivity contribution in [2.45, 2.75) is 66.7 Å². The first-order chi connectivity index (χ1) is 16.9. The lowest BCUT2D eigenvalue weighted by Gasteiger charge is -2.29. The van der Waals surface area contributed by atoms with E-state index < -0.39 is 11.7 Å². The van der Waals surface area contributed by atoms with Gasteiger partial charge in [0, 0.05) is 22.8 Å². The highest BCUT2D eigenvalue weighted by Gasteiger charge is 2.38. The minimum atomic E-state index is -0.883. The van der Waals surface area contributed by atoms with E-state index in [1.54, 1.807) is 6.07 Å². The molecule has 1 aliphatic rings. The minimum absolute atomic E-state index is 0.0108. The lowest BCUT2D eigenvalue weighted by molar-refractivity contribution is 0.0888. The Morgan fingerprint density at radius 3 is 1.94 bits per heavy atom. The summed E-state index contributed by atoms with van der Waals surface area (Å²) in [5, 5.41) is 43.2. The number of ether oxygens (including phenoxy) is 1. The molecule has 6 nitrogen and oxygen atoms in total. The van der Waals surface area contributed by atoms with Gasteiger partial charge in [-0.25, -0.2) is 0 Å².